The molecule has 0 unspecified atom stereocenters. The molecule has 4 nitrogen and oxygen atoms in total. The summed E-state index contributed by atoms with van der Waals surface area (Å²) in [4.78, 5) is 15.7. The maximum Gasteiger partial charge on any atom is 0.259 e. The molecule has 2 rings (SSSR count). The molecule has 0 saturated carbocycles. The summed E-state index contributed by atoms with van der Waals surface area (Å²) in [5.41, 5.74) is 0.840. The van der Waals surface area contributed by atoms with E-state index in [-0.39, 0.29) is 17.2 Å². The number of nitrogens with zero attached hydrogens (tertiary/aromatic N) is 1. The summed E-state index contributed by atoms with van der Waals surface area (Å²) in [5.74, 6) is -0.520. The van der Waals surface area contributed by atoms with Crippen LogP contribution >= 0.6 is 38.5 Å². The lowest BCUT2D eigenvalue weighted by atomic mass is 10.2. The van der Waals surface area contributed by atoms with Crippen LogP contribution < -0.4 is 5.32 Å². The minimum absolute atomic E-state index is 0.142. The van der Waals surface area contributed by atoms with Gasteiger partial charge in [-0.3, -0.25) is 9.78 Å². The van der Waals surface area contributed by atoms with Gasteiger partial charge in [-0.2, -0.15) is 0 Å². The molecule has 0 radical (unpaired) electrons. The van der Waals surface area contributed by atoms with Crippen molar-refractivity contribution < 1.29 is 9.90 Å². The smallest absolute Gasteiger partial charge is 0.259 e. The molecule has 0 saturated heterocycles. The van der Waals surface area contributed by atoms with E-state index in [2.05, 4.69) is 48.8 Å². The molecule has 2 aromatic rings. The first kappa shape index (κ1) is 13.3. The minimum atomic E-state index is -0.378. The largest absolute Gasteiger partial charge is 0.505 e. The van der Waals surface area contributed by atoms with Gasteiger partial charge in [-0.05, 0) is 62.8 Å². The summed E-state index contributed by atoms with van der Waals surface area (Å²) in [6.07, 6.45) is 2.69. The van der Waals surface area contributed by atoms with Crippen molar-refractivity contribution in [2.75, 3.05) is 5.32 Å². The standard InChI is InChI=1S/C12H8BrIN2O2/c13-9-5-7(14)1-2-10(9)16-12(18)8-3-4-15-6-11(8)17/h1-6,17H,(H,16,18). The van der Waals surface area contributed by atoms with Gasteiger partial charge in [0.1, 0.15) is 5.75 Å². The highest BCUT2D eigenvalue weighted by Crippen LogP contribution is 2.25. The van der Waals surface area contributed by atoms with Gasteiger partial charge in [0.25, 0.3) is 5.91 Å². The molecule has 1 aromatic carbocycles. The molecule has 1 heterocycles. The van der Waals surface area contributed by atoms with Crippen LogP contribution in [0.1, 0.15) is 10.4 Å². The van der Waals surface area contributed by atoms with Crippen LogP contribution in [0.4, 0.5) is 5.69 Å². The summed E-state index contributed by atoms with van der Waals surface area (Å²) in [7, 11) is 0. The molecular formula is C12H8BrIN2O2. The molecule has 0 aliphatic heterocycles. The number of nitrogens with one attached hydrogen (secondary N) is 1. The Balaban J connectivity index is 2.24. The molecule has 1 amide bonds. The van der Waals surface area contributed by atoms with Crippen molar-refractivity contribution in [2.45, 2.75) is 0 Å². The monoisotopic (exact) mass is 418 g/mol. The fourth-order valence-electron chi connectivity index (χ4n) is 1.36. The van der Waals surface area contributed by atoms with E-state index in [0.717, 1.165) is 8.04 Å². The molecule has 92 valence electrons. The van der Waals surface area contributed by atoms with Crippen molar-refractivity contribution in [1.82, 2.24) is 4.98 Å². The first-order valence-electron chi connectivity index (χ1n) is 4.97. The van der Waals surface area contributed by atoms with Gasteiger partial charge in [0.2, 0.25) is 0 Å². The minimum Gasteiger partial charge on any atom is -0.505 e. The Hall–Kier alpha value is -1.15. The summed E-state index contributed by atoms with van der Waals surface area (Å²) < 4.78 is 1.85. The van der Waals surface area contributed by atoms with Crippen LogP contribution in [0.25, 0.3) is 0 Å². The molecule has 0 fully saturated rings. The predicted molar refractivity (Wildman–Crippen MR) is 80.7 cm³/mol. The quantitative estimate of drug-likeness (QED) is 0.734. The van der Waals surface area contributed by atoms with Crippen LogP contribution in [-0.4, -0.2) is 16.0 Å². The van der Waals surface area contributed by atoms with E-state index in [9.17, 15) is 9.90 Å². The Kier molecular flexibility index (Phi) is 4.18. The second kappa shape index (κ2) is 5.66. The third kappa shape index (κ3) is 2.99. The zero-order chi connectivity index (χ0) is 13.1. The van der Waals surface area contributed by atoms with Crippen LogP contribution in [-0.2, 0) is 0 Å². The fourth-order valence-corrected chi connectivity index (χ4v) is 2.76. The number of hydrogen-bond donors (Lipinski definition) is 2. The van der Waals surface area contributed by atoms with E-state index in [1.807, 2.05) is 12.1 Å². The number of benzene rings is 1. The van der Waals surface area contributed by atoms with Gasteiger partial charge in [-0.1, -0.05) is 0 Å². The van der Waals surface area contributed by atoms with Gasteiger partial charge in [0.05, 0.1) is 17.4 Å². The molecule has 2 N–H and O–H groups in total. The molecule has 0 aliphatic rings. The van der Waals surface area contributed by atoms with E-state index >= 15 is 0 Å². The fraction of sp³-hybridized carbons (Fsp3) is 0. The number of rotatable bonds is 2. The van der Waals surface area contributed by atoms with E-state index in [1.54, 1.807) is 6.07 Å². The van der Waals surface area contributed by atoms with Crippen molar-refractivity contribution in [2.24, 2.45) is 0 Å². The summed E-state index contributed by atoms with van der Waals surface area (Å²) in [6.45, 7) is 0. The lowest BCUT2D eigenvalue weighted by Gasteiger charge is -2.08. The van der Waals surface area contributed by atoms with Gasteiger partial charge in [0.15, 0.2) is 0 Å². The maximum atomic E-state index is 12.0. The van der Waals surface area contributed by atoms with E-state index < -0.39 is 0 Å². The Bertz CT molecular complexity index is 604. The van der Waals surface area contributed by atoms with Crippen molar-refractivity contribution in [1.29, 1.82) is 0 Å². The Morgan fingerprint density at radius 3 is 2.83 bits per heavy atom. The number of carbonyl (C=O) groups excluding carboxylic acids is 1. The van der Waals surface area contributed by atoms with E-state index in [1.165, 1.54) is 18.5 Å². The van der Waals surface area contributed by atoms with E-state index in [4.69, 9.17) is 0 Å². The first-order chi connectivity index (χ1) is 8.58. The highest BCUT2D eigenvalue weighted by Gasteiger charge is 2.12. The van der Waals surface area contributed by atoms with Crippen LogP contribution in [0.2, 0.25) is 0 Å². The van der Waals surface area contributed by atoms with Gasteiger partial charge in [-0.15, -0.1) is 0 Å². The number of aromatic nitrogens is 1. The molecule has 0 atom stereocenters. The van der Waals surface area contributed by atoms with Gasteiger partial charge in [-0.25, -0.2) is 0 Å². The second-order valence-corrected chi connectivity index (χ2v) is 5.57. The second-order valence-electron chi connectivity index (χ2n) is 3.47. The third-order valence-corrected chi connectivity index (χ3v) is 3.55. The average molecular weight is 419 g/mol. The van der Waals surface area contributed by atoms with Crippen LogP contribution in [0, 0.1) is 3.57 Å². The molecule has 1 aromatic heterocycles. The average Bonchev–Trinajstić information content (AvgIpc) is 2.33. The molecule has 6 heteroatoms. The number of halogens is 2. The van der Waals surface area contributed by atoms with Crippen LogP contribution in [0.15, 0.2) is 41.1 Å². The number of anilines is 1. The molecule has 18 heavy (non-hydrogen) atoms. The number of aromatic hydroxyl groups is 1. The Morgan fingerprint density at radius 2 is 2.17 bits per heavy atom. The van der Waals surface area contributed by atoms with Crippen LogP contribution in [0.3, 0.4) is 0 Å². The number of amides is 1. The van der Waals surface area contributed by atoms with E-state index in [0.29, 0.717) is 5.69 Å². The predicted octanol–water partition coefficient (Wildman–Crippen LogP) is 3.41. The van der Waals surface area contributed by atoms with Gasteiger partial charge >= 0.3 is 0 Å². The van der Waals surface area contributed by atoms with Crippen molar-refractivity contribution in [3.8, 4) is 5.75 Å². The van der Waals surface area contributed by atoms with Crippen LogP contribution in [0.5, 0.6) is 5.75 Å². The van der Waals surface area contributed by atoms with Gasteiger partial charge in [0, 0.05) is 14.2 Å². The summed E-state index contributed by atoms with van der Waals surface area (Å²) >= 11 is 5.55. The zero-order valence-corrected chi connectivity index (χ0v) is 12.8. The molecular weight excluding hydrogens is 411 g/mol. The molecule has 0 bridgehead atoms. The molecule has 0 aliphatic carbocycles. The zero-order valence-electron chi connectivity index (χ0n) is 9.02. The normalized spacial score (nSPS) is 10.1. The summed E-state index contributed by atoms with van der Waals surface area (Å²) in [5, 5.41) is 12.3. The summed E-state index contributed by atoms with van der Waals surface area (Å²) in [6, 6.07) is 7.03. The van der Waals surface area contributed by atoms with Crippen molar-refractivity contribution >= 4 is 50.1 Å². The first-order valence-corrected chi connectivity index (χ1v) is 6.84. The van der Waals surface area contributed by atoms with Crippen molar-refractivity contribution in [3.63, 3.8) is 0 Å². The Labute approximate surface area is 126 Å². The third-order valence-electron chi connectivity index (χ3n) is 2.22. The van der Waals surface area contributed by atoms with Crippen molar-refractivity contribution in [3.05, 3.63) is 50.3 Å². The van der Waals surface area contributed by atoms with Gasteiger partial charge < -0.3 is 10.4 Å². The highest BCUT2D eigenvalue weighted by atomic mass is 127. The number of hydrogen-bond acceptors (Lipinski definition) is 3. The maximum absolute atomic E-state index is 12.0. The highest BCUT2D eigenvalue weighted by molar-refractivity contribution is 14.1. The topological polar surface area (TPSA) is 62.2 Å². The SMILES string of the molecule is O=C(Nc1ccc(I)cc1Br)c1ccncc1O. The lowest BCUT2D eigenvalue weighted by molar-refractivity contribution is 0.102. The number of pyridine rings is 1. The molecule has 0 spiro atoms. The Morgan fingerprint density at radius 1 is 1.39 bits per heavy atom. The lowest BCUT2D eigenvalue weighted by Crippen LogP contribution is -2.12. The number of carbonyl (C=O) groups is 1.